The van der Waals surface area contributed by atoms with E-state index in [-0.39, 0.29) is 24.0 Å². The van der Waals surface area contributed by atoms with Gasteiger partial charge in [-0.05, 0) is 12.8 Å². The molecule has 10 heteroatoms. The van der Waals surface area contributed by atoms with Gasteiger partial charge in [-0.2, -0.15) is 11.8 Å². The van der Waals surface area contributed by atoms with Crippen molar-refractivity contribution in [2.24, 2.45) is 5.73 Å². The number of carbonyl (C=O) groups is 2. The molecule has 0 aliphatic carbocycles. The number of urea groups is 1. The van der Waals surface area contributed by atoms with Crippen molar-refractivity contribution in [3.63, 3.8) is 0 Å². The van der Waals surface area contributed by atoms with Gasteiger partial charge in [-0.1, -0.05) is 6.42 Å². The summed E-state index contributed by atoms with van der Waals surface area (Å²) in [6.07, 6.45) is 3.42. The highest BCUT2D eigenvalue weighted by Crippen LogP contribution is 2.33. The van der Waals surface area contributed by atoms with E-state index in [9.17, 15) is 9.59 Å². The molecule has 0 radical (unpaired) electrons. The third kappa shape index (κ3) is 8.95. The predicted octanol–water partition coefficient (Wildman–Crippen LogP) is -0.163. The zero-order chi connectivity index (χ0) is 20.0. The first-order valence-corrected chi connectivity index (χ1v) is 11.1. The topological polar surface area (TPSA) is 124 Å². The zero-order valence-corrected chi connectivity index (χ0v) is 17.3. The van der Waals surface area contributed by atoms with E-state index in [1.807, 2.05) is 11.8 Å². The van der Waals surface area contributed by atoms with E-state index >= 15 is 0 Å². The molecule has 9 nitrogen and oxygen atoms in total. The van der Waals surface area contributed by atoms with Gasteiger partial charge in [0.2, 0.25) is 5.91 Å². The van der Waals surface area contributed by atoms with Crippen molar-refractivity contribution in [2.75, 3.05) is 58.5 Å². The van der Waals surface area contributed by atoms with Gasteiger partial charge in [-0.15, -0.1) is 0 Å². The maximum atomic E-state index is 11.8. The van der Waals surface area contributed by atoms with Crippen LogP contribution in [0.3, 0.4) is 0 Å². The van der Waals surface area contributed by atoms with E-state index in [1.54, 1.807) is 0 Å². The first-order valence-electron chi connectivity index (χ1n) is 10.1. The van der Waals surface area contributed by atoms with Gasteiger partial charge in [-0.25, -0.2) is 4.79 Å². The average Bonchev–Trinajstić information content (AvgIpc) is 3.22. The molecule has 0 aromatic heterocycles. The number of hydrogen-bond acceptors (Lipinski definition) is 7. The van der Waals surface area contributed by atoms with Crippen molar-refractivity contribution in [3.8, 4) is 0 Å². The highest BCUT2D eigenvalue weighted by molar-refractivity contribution is 8.00. The molecule has 2 unspecified atom stereocenters. The molecular weight excluding hydrogens is 384 g/mol. The number of amides is 3. The molecule has 2 rings (SSSR count). The van der Waals surface area contributed by atoms with Crippen molar-refractivity contribution in [1.29, 1.82) is 0 Å². The monoisotopic (exact) mass is 418 g/mol. The lowest BCUT2D eigenvalue weighted by Gasteiger charge is -2.16. The fourth-order valence-electron chi connectivity index (χ4n) is 3.25. The van der Waals surface area contributed by atoms with Crippen molar-refractivity contribution < 1.29 is 23.8 Å². The van der Waals surface area contributed by atoms with Crippen LogP contribution in [0.4, 0.5) is 4.79 Å². The number of hydrogen-bond donors (Lipinski definition) is 4. The summed E-state index contributed by atoms with van der Waals surface area (Å²) in [5.74, 6) is 1.03. The molecule has 162 valence electrons. The number of thioether (sulfide) groups is 1. The Bertz CT molecular complexity index is 471. The van der Waals surface area contributed by atoms with Crippen LogP contribution >= 0.6 is 11.8 Å². The van der Waals surface area contributed by atoms with E-state index in [4.69, 9.17) is 19.9 Å². The second-order valence-corrected chi connectivity index (χ2v) is 8.12. The Kier molecular flexibility index (Phi) is 11.6. The van der Waals surface area contributed by atoms with Crippen LogP contribution < -0.4 is 21.7 Å². The van der Waals surface area contributed by atoms with Gasteiger partial charge in [-0.3, -0.25) is 4.79 Å². The molecule has 2 aliphatic heterocycles. The van der Waals surface area contributed by atoms with Crippen molar-refractivity contribution in [2.45, 2.75) is 43.0 Å². The molecule has 0 bridgehead atoms. The molecule has 0 aromatic carbocycles. The van der Waals surface area contributed by atoms with Crippen LogP contribution in [0.15, 0.2) is 0 Å². The molecule has 0 saturated carbocycles. The van der Waals surface area contributed by atoms with E-state index in [1.165, 1.54) is 0 Å². The van der Waals surface area contributed by atoms with Crippen LogP contribution in [0, 0.1) is 0 Å². The minimum Gasteiger partial charge on any atom is -0.378 e. The fourth-order valence-corrected chi connectivity index (χ4v) is 4.79. The molecule has 2 heterocycles. The van der Waals surface area contributed by atoms with Gasteiger partial charge < -0.3 is 35.9 Å². The summed E-state index contributed by atoms with van der Waals surface area (Å²) in [6, 6.07) is 0.455. The maximum Gasteiger partial charge on any atom is 0.315 e. The van der Waals surface area contributed by atoms with E-state index < -0.39 is 0 Å². The summed E-state index contributed by atoms with van der Waals surface area (Å²) in [4.78, 5) is 23.2. The molecule has 0 aromatic rings. The van der Waals surface area contributed by atoms with Gasteiger partial charge in [0.25, 0.3) is 0 Å². The third-order valence-electron chi connectivity index (χ3n) is 4.66. The summed E-state index contributed by atoms with van der Waals surface area (Å²) < 4.78 is 15.9. The number of nitrogens with one attached hydrogen (secondary N) is 3. The highest BCUT2D eigenvalue weighted by atomic mass is 32.2. The summed E-state index contributed by atoms with van der Waals surface area (Å²) in [5.41, 5.74) is 5.31. The van der Waals surface area contributed by atoms with Crippen molar-refractivity contribution >= 4 is 23.7 Å². The Morgan fingerprint density at radius 3 is 2.54 bits per heavy atom. The Hall–Kier alpha value is -1.07. The number of rotatable bonds is 16. The second kappa shape index (κ2) is 14.0. The maximum absolute atomic E-state index is 11.8. The van der Waals surface area contributed by atoms with Crippen LogP contribution in [-0.4, -0.2) is 87.8 Å². The van der Waals surface area contributed by atoms with Gasteiger partial charge in [0.05, 0.1) is 51.7 Å². The van der Waals surface area contributed by atoms with Gasteiger partial charge in [0.15, 0.2) is 0 Å². The molecule has 3 amide bonds. The van der Waals surface area contributed by atoms with E-state index in [2.05, 4.69) is 16.0 Å². The number of ether oxygens (including phenoxy) is 3. The molecular formula is C18H34N4O5S. The number of fused-ring (bicyclic) bond motifs is 1. The lowest BCUT2D eigenvalue weighted by molar-refractivity contribution is -0.121. The number of nitrogens with two attached hydrogens (primary N) is 1. The number of unbranched alkanes of at least 4 members (excludes halogenated alkanes) is 1. The summed E-state index contributed by atoms with van der Waals surface area (Å²) >= 11 is 1.91. The molecule has 0 spiro atoms. The first-order chi connectivity index (χ1) is 13.7. The Balaban J connectivity index is 1.34. The minimum absolute atomic E-state index is 0.0509. The lowest BCUT2D eigenvalue weighted by atomic mass is 10.0. The Morgan fingerprint density at radius 2 is 1.79 bits per heavy atom. The van der Waals surface area contributed by atoms with Gasteiger partial charge in [0, 0.05) is 30.5 Å². The summed E-state index contributed by atoms with van der Waals surface area (Å²) in [5, 5.41) is 9.26. The molecule has 5 N–H and O–H groups in total. The van der Waals surface area contributed by atoms with E-state index in [0.717, 1.165) is 25.0 Å². The van der Waals surface area contributed by atoms with E-state index in [0.29, 0.717) is 64.4 Å². The molecule has 2 saturated heterocycles. The Morgan fingerprint density at radius 1 is 1.07 bits per heavy atom. The van der Waals surface area contributed by atoms with Crippen LogP contribution in [0.1, 0.15) is 25.7 Å². The largest absolute Gasteiger partial charge is 0.378 e. The van der Waals surface area contributed by atoms with Crippen molar-refractivity contribution in [1.82, 2.24) is 16.0 Å². The normalized spacial score (nSPS) is 23.3. The van der Waals surface area contributed by atoms with Crippen LogP contribution in [0.25, 0.3) is 0 Å². The Labute approximate surface area is 171 Å². The summed E-state index contributed by atoms with van der Waals surface area (Å²) in [6.45, 7) is 4.15. The first kappa shape index (κ1) is 23.2. The average molecular weight is 419 g/mol. The SMILES string of the molecule is NCCOCCOCCOCCNC(=O)CCCC[C@H]1SCC2NC(=O)NC21. The van der Waals surface area contributed by atoms with Crippen LogP contribution in [-0.2, 0) is 19.0 Å². The minimum atomic E-state index is -0.0509. The molecule has 28 heavy (non-hydrogen) atoms. The summed E-state index contributed by atoms with van der Waals surface area (Å²) in [7, 11) is 0. The molecule has 2 aliphatic rings. The fraction of sp³-hybridized carbons (Fsp3) is 0.889. The van der Waals surface area contributed by atoms with Gasteiger partial charge in [0.1, 0.15) is 0 Å². The lowest BCUT2D eigenvalue weighted by Crippen LogP contribution is -2.36. The standard InChI is InChI=1S/C18H34N4O5S/c19-5-7-25-9-11-27-12-10-26-8-6-20-16(23)4-2-1-3-15-17-14(13-28-15)21-18(24)22-17/h14-15,17H,1-13,19H2,(H,20,23)(H2,21,22,24)/t14?,15-,17?/m1/s1. The van der Waals surface area contributed by atoms with Crippen molar-refractivity contribution in [3.05, 3.63) is 0 Å². The second-order valence-electron chi connectivity index (χ2n) is 6.84. The van der Waals surface area contributed by atoms with Crippen LogP contribution in [0.5, 0.6) is 0 Å². The molecule has 2 fully saturated rings. The smallest absolute Gasteiger partial charge is 0.315 e. The van der Waals surface area contributed by atoms with Crippen LogP contribution in [0.2, 0.25) is 0 Å². The molecule has 3 atom stereocenters. The predicted molar refractivity (Wildman–Crippen MR) is 108 cm³/mol. The third-order valence-corrected chi connectivity index (χ3v) is 6.16. The van der Waals surface area contributed by atoms with Gasteiger partial charge >= 0.3 is 6.03 Å². The quantitative estimate of drug-likeness (QED) is 0.203. The zero-order valence-electron chi connectivity index (χ0n) is 16.5. The highest BCUT2D eigenvalue weighted by Gasteiger charge is 2.42. The number of carbonyl (C=O) groups excluding carboxylic acids is 2.